The van der Waals surface area contributed by atoms with Crippen molar-refractivity contribution in [1.82, 2.24) is 4.98 Å². The molecule has 2 aromatic rings. The molecule has 1 fully saturated rings. The van der Waals surface area contributed by atoms with Gasteiger partial charge in [-0.05, 0) is 25.5 Å². The summed E-state index contributed by atoms with van der Waals surface area (Å²) >= 11 is 1.66. The Labute approximate surface area is 133 Å². The number of benzene rings is 1. The first-order valence-electron chi connectivity index (χ1n) is 7.29. The Morgan fingerprint density at radius 1 is 1.23 bits per heavy atom. The lowest BCUT2D eigenvalue weighted by atomic mass is 10.1. The van der Waals surface area contributed by atoms with Crippen molar-refractivity contribution in [2.75, 3.05) is 36.0 Å². The molecule has 0 spiro atoms. The molecule has 1 saturated heterocycles. The molecule has 1 aromatic carbocycles. The molecule has 2 heterocycles. The van der Waals surface area contributed by atoms with Gasteiger partial charge < -0.3 is 9.80 Å². The van der Waals surface area contributed by atoms with Gasteiger partial charge >= 0.3 is 0 Å². The van der Waals surface area contributed by atoms with Crippen LogP contribution in [0.5, 0.6) is 0 Å². The number of rotatable bonds is 3. The normalized spacial score (nSPS) is 15.7. The maximum atomic E-state index is 10.9. The summed E-state index contributed by atoms with van der Waals surface area (Å²) in [5.41, 5.74) is 1.95. The first kappa shape index (κ1) is 14.8. The molecule has 0 unspecified atom stereocenters. The van der Waals surface area contributed by atoms with E-state index in [0.29, 0.717) is 5.56 Å². The molecule has 1 aromatic heterocycles. The third kappa shape index (κ3) is 3.04. The Hall–Kier alpha value is -2.15. The van der Waals surface area contributed by atoms with Crippen LogP contribution in [-0.2, 0) is 0 Å². The summed E-state index contributed by atoms with van der Waals surface area (Å²) in [4.78, 5) is 19.6. The van der Waals surface area contributed by atoms with Crippen molar-refractivity contribution in [3.05, 3.63) is 45.5 Å². The van der Waals surface area contributed by atoms with Crippen molar-refractivity contribution in [1.29, 1.82) is 0 Å². The molecule has 7 heteroatoms. The van der Waals surface area contributed by atoms with Gasteiger partial charge in [-0.25, -0.2) is 4.98 Å². The van der Waals surface area contributed by atoms with E-state index >= 15 is 0 Å². The van der Waals surface area contributed by atoms with Crippen molar-refractivity contribution in [3.8, 4) is 0 Å². The van der Waals surface area contributed by atoms with E-state index in [1.165, 1.54) is 0 Å². The first-order valence-corrected chi connectivity index (χ1v) is 8.17. The number of aryl methyl sites for hydroxylation is 1. The van der Waals surface area contributed by atoms with Crippen LogP contribution in [0.15, 0.2) is 29.8 Å². The summed E-state index contributed by atoms with van der Waals surface area (Å²) in [5, 5.41) is 14.0. The molecular weight excluding hydrogens is 300 g/mol. The monoisotopic (exact) mass is 318 g/mol. The molecule has 3 rings (SSSR count). The predicted octanol–water partition coefficient (Wildman–Crippen LogP) is 3.08. The molecule has 1 aliphatic heterocycles. The van der Waals surface area contributed by atoms with Crippen LogP contribution in [0, 0.1) is 17.0 Å². The lowest BCUT2D eigenvalue weighted by molar-refractivity contribution is -0.385. The number of nitro groups is 1. The number of anilines is 2. The lowest BCUT2D eigenvalue weighted by Crippen LogP contribution is -2.30. The average Bonchev–Trinajstić information content (AvgIpc) is 2.91. The Morgan fingerprint density at radius 3 is 2.68 bits per heavy atom. The van der Waals surface area contributed by atoms with Gasteiger partial charge in [-0.3, -0.25) is 10.1 Å². The number of nitro benzene ring substituents is 1. The van der Waals surface area contributed by atoms with Gasteiger partial charge in [0.25, 0.3) is 5.69 Å². The summed E-state index contributed by atoms with van der Waals surface area (Å²) in [6.45, 7) is 5.57. The van der Waals surface area contributed by atoms with E-state index < -0.39 is 0 Å². The summed E-state index contributed by atoms with van der Waals surface area (Å²) in [6, 6.07) is 5.37. The van der Waals surface area contributed by atoms with Crippen molar-refractivity contribution in [2.24, 2.45) is 0 Å². The van der Waals surface area contributed by atoms with Crippen molar-refractivity contribution < 1.29 is 4.92 Å². The Balaban J connectivity index is 1.73. The molecule has 0 radical (unpaired) electrons. The highest BCUT2D eigenvalue weighted by Gasteiger charge is 2.18. The Morgan fingerprint density at radius 2 is 2.00 bits per heavy atom. The number of hydrogen-bond donors (Lipinski definition) is 0. The maximum absolute atomic E-state index is 10.9. The average molecular weight is 318 g/mol. The zero-order chi connectivity index (χ0) is 15.5. The summed E-state index contributed by atoms with van der Waals surface area (Å²) in [6.07, 6.45) is 2.89. The number of hydrogen-bond acceptors (Lipinski definition) is 6. The van der Waals surface area contributed by atoms with Crippen LogP contribution >= 0.6 is 11.3 Å². The number of thiazole rings is 1. The predicted molar refractivity (Wildman–Crippen MR) is 89.0 cm³/mol. The fourth-order valence-electron chi connectivity index (χ4n) is 2.78. The second-order valence-electron chi connectivity index (χ2n) is 5.37. The Kier molecular flexibility index (Phi) is 4.24. The quantitative estimate of drug-likeness (QED) is 0.643. The van der Waals surface area contributed by atoms with Gasteiger partial charge in [0.05, 0.1) is 4.92 Å². The van der Waals surface area contributed by atoms with Gasteiger partial charge in [0.1, 0.15) is 0 Å². The van der Waals surface area contributed by atoms with Crippen LogP contribution in [0.2, 0.25) is 0 Å². The molecule has 0 atom stereocenters. The summed E-state index contributed by atoms with van der Waals surface area (Å²) < 4.78 is 0. The van der Waals surface area contributed by atoms with E-state index in [9.17, 15) is 10.1 Å². The minimum absolute atomic E-state index is 0.183. The largest absolute Gasteiger partial charge is 0.370 e. The van der Waals surface area contributed by atoms with Crippen LogP contribution < -0.4 is 9.80 Å². The van der Waals surface area contributed by atoms with Crippen LogP contribution in [0.4, 0.5) is 16.5 Å². The molecule has 0 amide bonds. The summed E-state index contributed by atoms with van der Waals surface area (Å²) in [7, 11) is 0. The molecule has 1 aliphatic rings. The highest BCUT2D eigenvalue weighted by atomic mass is 32.1. The van der Waals surface area contributed by atoms with Crippen LogP contribution in [0.3, 0.4) is 0 Å². The fourth-order valence-corrected chi connectivity index (χ4v) is 3.48. The van der Waals surface area contributed by atoms with E-state index in [0.717, 1.165) is 43.4 Å². The molecule has 6 nitrogen and oxygen atoms in total. The third-order valence-electron chi connectivity index (χ3n) is 3.93. The second kappa shape index (κ2) is 6.31. The van der Waals surface area contributed by atoms with E-state index in [1.54, 1.807) is 24.3 Å². The van der Waals surface area contributed by atoms with Gasteiger partial charge in [0.2, 0.25) is 0 Å². The second-order valence-corrected chi connectivity index (χ2v) is 6.24. The molecular formula is C15H18N4O2S. The van der Waals surface area contributed by atoms with E-state index in [2.05, 4.69) is 14.8 Å². The molecule has 116 valence electrons. The van der Waals surface area contributed by atoms with E-state index in [1.807, 2.05) is 23.7 Å². The van der Waals surface area contributed by atoms with Gasteiger partial charge in [-0.1, -0.05) is 0 Å². The zero-order valence-electron chi connectivity index (χ0n) is 12.4. The maximum Gasteiger partial charge on any atom is 0.272 e. The lowest BCUT2D eigenvalue weighted by Gasteiger charge is -2.23. The van der Waals surface area contributed by atoms with Gasteiger partial charge in [0, 0.05) is 55.1 Å². The standard InChI is InChI=1S/C15H18N4O2S/c1-12-11-13(3-4-14(12)19(20)21)17-6-2-7-18(9-8-17)15-16-5-10-22-15/h3-5,10-11H,2,6-9H2,1H3. The highest BCUT2D eigenvalue weighted by Crippen LogP contribution is 2.26. The zero-order valence-corrected chi connectivity index (χ0v) is 13.3. The number of aromatic nitrogens is 1. The highest BCUT2D eigenvalue weighted by molar-refractivity contribution is 7.13. The molecule has 0 saturated carbocycles. The van der Waals surface area contributed by atoms with E-state index in [-0.39, 0.29) is 10.6 Å². The van der Waals surface area contributed by atoms with Crippen LogP contribution in [-0.4, -0.2) is 36.1 Å². The first-order chi connectivity index (χ1) is 10.6. The fraction of sp³-hybridized carbons (Fsp3) is 0.400. The molecule has 22 heavy (non-hydrogen) atoms. The SMILES string of the molecule is Cc1cc(N2CCCN(c3nccs3)CC2)ccc1[N+](=O)[O-]. The smallest absolute Gasteiger partial charge is 0.272 e. The third-order valence-corrected chi connectivity index (χ3v) is 4.76. The van der Waals surface area contributed by atoms with Crippen LogP contribution in [0.1, 0.15) is 12.0 Å². The Bertz CT molecular complexity index is 660. The molecule has 0 aliphatic carbocycles. The van der Waals surface area contributed by atoms with Gasteiger partial charge in [0.15, 0.2) is 5.13 Å². The molecule has 0 bridgehead atoms. The molecule has 0 N–H and O–H groups in total. The van der Waals surface area contributed by atoms with Gasteiger partial charge in [-0.2, -0.15) is 0 Å². The van der Waals surface area contributed by atoms with Crippen molar-refractivity contribution in [2.45, 2.75) is 13.3 Å². The minimum Gasteiger partial charge on any atom is -0.370 e. The summed E-state index contributed by atoms with van der Waals surface area (Å²) in [5.74, 6) is 0. The number of nitrogens with zero attached hydrogens (tertiary/aromatic N) is 4. The topological polar surface area (TPSA) is 62.5 Å². The van der Waals surface area contributed by atoms with E-state index in [4.69, 9.17) is 0 Å². The van der Waals surface area contributed by atoms with Crippen LogP contribution in [0.25, 0.3) is 0 Å². The van der Waals surface area contributed by atoms with Crippen molar-refractivity contribution in [3.63, 3.8) is 0 Å². The van der Waals surface area contributed by atoms with Gasteiger partial charge in [-0.15, -0.1) is 11.3 Å². The minimum atomic E-state index is -0.328. The van der Waals surface area contributed by atoms with Crippen molar-refractivity contribution >= 4 is 27.8 Å².